The molecule has 0 saturated heterocycles. The highest BCUT2D eigenvalue weighted by molar-refractivity contribution is 5.97. The number of hydrogen-bond acceptors (Lipinski definition) is 3. The van der Waals surface area contributed by atoms with Gasteiger partial charge in [-0.3, -0.25) is 9.55 Å². The highest BCUT2D eigenvalue weighted by Crippen LogP contribution is 2.44. The summed E-state index contributed by atoms with van der Waals surface area (Å²) in [5, 5.41) is 12.3. The van der Waals surface area contributed by atoms with Crippen LogP contribution in [0.15, 0.2) is 170 Å². The Kier molecular flexibility index (Phi) is 11.6. The van der Waals surface area contributed by atoms with E-state index < -0.39 is 0 Å². The minimum Gasteiger partial charge on any atom is -0.507 e. The summed E-state index contributed by atoms with van der Waals surface area (Å²) >= 11 is 0. The molecule has 7 aromatic carbocycles. The summed E-state index contributed by atoms with van der Waals surface area (Å²) in [6, 6.07) is 58.8. The molecule has 9 rings (SSSR count). The molecule has 4 heteroatoms. The Morgan fingerprint density at radius 3 is 1.76 bits per heavy atom. The fourth-order valence-electron chi connectivity index (χ4n) is 9.18. The van der Waals surface area contributed by atoms with Gasteiger partial charge in [-0.15, -0.1) is 0 Å². The Morgan fingerprint density at radius 1 is 0.485 bits per heavy atom. The highest BCUT2D eigenvalue weighted by atomic mass is 16.3. The molecular weight excluding hydrogens is 803 g/mol. The molecule has 0 amide bonds. The van der Waals surface area contributed by atoms with E-state index >= 15 is 0 Å². The van der Waals surface area contributed by atoms with Gasteiger partial charge in [-0.25, -0.2) is 4.98 Å². The standard InChI is InChI=1S/C62H61N3O/c1-39(2)46-35-53(40(3)4)59(66)54(36-46)60-64-58-52(22-17-23-57(58)65(60)50-28-29-51(44-20-15-12-16-21-44)55(38-50)62(8,9)10)47-32-48(34-49(33-47)61(5,6)7)56-37-45(30-31-63-56)43-26-24-42(25-27-43)41-18-13-11-14-19-41/h11-40,66H,1-10H3. The molecule has 2 heterocycles. The second kappa shape index (κ2) is 17.4. The van der Waals surface area contributed by atoms with E-state index in [1.54, 1.807) is 0 Å². The van der Waals surface area contributed by atoms with E-state index in [0.29, 0.717) is 5.82 Å². The molecule has 0 saturated carbocycles. The van der Waals surface area contributed by atoms with Gasteiger partial charge >= 0.3 is 0 Å². The van der Waals surface area contributed by atoms with Gasteiger partial charge in [-0.2, -0.15) is 0 Å². The van der Waals surface area contributed by atoms with Crippen molar-refractivity contribution in [3.63, 3.8) is 0 Å². The average Bonchev–Trinajstić information content (AvgIpc) is 3.71. The van der Waals surface area contributed by atoms with Crippen LogP contribution in [0.5, 0.6) is 5.75 Å². The maximum absolute atomic E-state index is 12.3. The largest absolute Gasteiger partial charge is 0.507 e. The van der Waals surface area contributed by atoms with Crippen LogP contribution in [0, 0.1) is 0 Å². The number of aromatic hydroxyl groups is 1. The van der Waals surface area contributed by atoms with Crippen molar-refractivity contribution in [2.45, 2.75) is 91.9 Å². The van der Waals surface area contributed by atoms with Crippen LogP contribution in [0.2, 0.25) is 0 Å². The summed E-state index contributed by atoms with van der Waals surface area (Å²) in [6.07, 6.45) is 1.92. The SMILES string of the molecule is CC(C)c1cc(-c2nc3c(-c4cc(-c5cc(-c6ccc(-c7ccccc7)cc6)ccn5)cc(C(C)(C)C)c4)cccc3n2-c2ccc(-c3ccccc3)c(C(C)(C)C)c2)c(O)c(C(C)C)c1. The van der Waals surface area contributed by atoms with Gasteiger partial charge in [-0.1, -0.05) is 184 Å². The Balaban J connectivity index is 1.26. The molecule has 1 N–H and O–H groups in total. The molecule has 0 bridgehead atoms. The molecular formula is C62H61N3O. The van der Waals surface area contributed by atoms with E-state index in [0.717, 1.165) is 61.4 Å². The molecule has 0 aliphatic heterocycles. The van der Waals surface area contributed by atoms with Crippen LogP contribution in [0.1, 0.15) is 103 Å². The molecule has 9 aromatic rings. The van der Waals surface area contributed by atoms with Crippen molar-refractivity contribution in [1.29, 1.82) is 0 Å². The zero-order chi connectivity index (χ0) is 46.5. The summed E-state index contributed by atoms with van der Waals surface area (Å²) in [7, 11) is 0. The second-order valence-electron chi connectivity index (χ2n) is 20.5. The monoisotopic (exact) mass is 863 g/mol. The van der Waals surface area contributed by atoms with E-state index in [-0.39, 0.29) is 28.4 Å². The number of fused-ring (bicyclic) bond motifs is 1. The number of hydrogen-bond donors (Lipinski definition) is 1. The highest BCUT2D eigenvalue weighted by Gasteiger charge is 2.27. The Labute approximate surface area is 391 Å². The molecule has 0 fully saturated rings. The lowest BCUT2D eigenvalue weighted by atomic mass is 9.81. The fraction of sp³-hybridized carbons (Fsp3) is 0.226. The van der Waals surface area contributed by atoms with Crippen molar-refractivity contribution < 1.29 is 5.11 Å². The van der Waals surface area contributed by atoms with Crippen LogP contribution in [-0.2, 0) is 10.8 Å². The van der Waals surface area contributed by atoms with E-state index in [4.69, 9.17) is 9.97 Å². The zero-order valence-corrected chi connectivity index (χ0v) is 40.1. The van der Waals surface area contributed by atoms with E-state index in [2.05, 4.69) is 238 Å². The topological polar surface area (TPSA) is 50.9 Å². The number of nitrogens with zero attached hydrogens (tertiary/aromatic N) is 3. The van der Waals surface area contributed by atoms with Crippen LogP contribution in [0.4, 0.5) is 0 Å². The van der Waals surface area contributed by atoms with E-state index in [1.807, 2.05) is 6.20 Å². The summed E-state index contributed by atoms with van der Waals surface area (Å²) in [4.78, 5) is 10.6. The summed E-state index contributed by atoms with van der Waals surface area (Å²) < 4.78 is 2.27. The van der Waals surface area contributed by atoms with Crippen LogP contribution >= 0.6 is 0 Å². The number of phenols is 1. The Hall–Kier alpha value is -7.04. The predicted octanol–water partition coefficient (Wildman–Crippen LogP) is 17.0. The third-order valence-corrected chi connectivity index (χ3v) is 13.0. The number of pyridine rings is 1. The van der Waals surface area contributed by atoms with Gasteiger partial charge in [0.05, 0.1) is 22.3 Å². The third kappa shape index (κ3) is 8.61. The maximum Gasteiger partial charge on any atom is 0.149 e. The number of phenolic OH excluding ortho intramolecular Hbond substituents is 1. The molecule has 0 spiro atoms. The minimum absolute atomic E-state index is 0.118. The Bertz CT molecular complexity index is 3200. The number of imidazole rings is 1. The lowest BCUT2D eigenvalue weighted by molar-refractivity contribution is 0.466. The van der Waals surface area contributed by atoms with Gasteiger partial charge in [-0.05, 0) is 132 Å². The molecule has 0 aliphatic rings. The van der Waals surface area contributed by atoms with Crippen LogP contribution in [0.25, 0.3) is 83.9 Å². The van der Waals surface area contributed by atoms with E-state index in [1.165, 1.54) is 38.9 Å². The van der Waals surface area contributed by atoms with Gasteiger partial charge in [0.1, 0.15) is 11.6 Å². The van der Waals surface area contributed by atoms with Crippen molar-refractivity contribution in [3.8, 4) is 78.6 Å². The van der Waals surface area contributed by atoms with Crippen molar-refractivity contribution in [1.82, 2.24) is 14.5 Å². The van der Waals surface area contributed by atoms with Gasteiger partial charge in [0.2, 0.25) is 0 Å². The lowest BCUT2D eigenvalue weighted by Crippen LogP contribution is -2.14. The Morgan fingerprint density at radius 2 is 1.12 bits per heavy atom. The van der Waals surface area contributed by atoms with Gasteiger partial charge in [0.15, 0.2) is 0 Å². The third-order valence-electron chi connectivity index (χ3n) is 13.0. The molecule has 2 aromatic heterocycles. The summed E-state index contributed by atoms with van der Waals surface area (Å²) in [5.41, 5.74) is 18.9. The summed E-state index contributed by atoms with van der Waals surface area (Å²) in [6.45, 7) is 22.4. The second-order valence-corrected chi connectivity index (χ2v) is 20.5. The van der Waals surface area contributed by atoms with Gasteiger partial charge < -0.3 is 5.11 Å². The fourth-order valence-corrected chi connectivity index (χ4v) is 9.18. The minimum atomic E-state index is -0.159. The molecule has 0 unspecified atom stereocenters. The van der Waals surface area contributed by atoms with Crippen molar-refractivity contribution in [2.24, 2.45) is 0 Å². The van der Waals surface area contributed by atoms with Crippen molar-refractivity contribution in [3.05, 3.63) is 192 Å². The van der Waals surface area contributed by atoms with Gasteiger partial charge in [0.25, 0.3) is 0 Å². The van der Waals surface area contributed by atoms with Crippen LogP contribution in [0.3, 0.4) is 0 Å². The quantitative estimate of drug-likeness (QED) is 0.157. The lowest BCUT2D eigenvalue weighted by Gasteiger charge is -2.25. The van der Waals surface area contributed by atoms with Crippen molar-refractivity contribution in [2.75, 3.05) is 0 Å². The maximum atomic E-state index is 12.3. The van der Waals surface area contributed by atoms with E-state index in [9.17, 15) is 5.11 Å². The molecule has 0 atom stereocenters. The predicted molar refractivity (Wildman–Crippen MR) is 279 cm³/mol. The first-order valence-electron chi connectivity index (χ1n) is 23.4. The molecule has 66 heavy (non-hydrogen) atoms. The first kappa shape index (κ1) is 44.2. The number of benzene rings is 7. The van der Waals surface area contributed by atoms with Crippen molar-refractivity contribution >= 4 is 11.0 Å². The number of para-hydroxylation sites is 1. The van der Waals surface area contributed by atoms with Gasteiger partial charge in [0, 0.05) is 23.0 Å². The summed E-state index contributed by atoms with van der Waals surface area (Å²) in [5.74, 6) is 1.37. The molecule has 0 aliphatic carbocycles. The molecule has 330 valence electrons. The van der Waals surface area contributed by atoms with Crippen LogP contribution < -0.4 is 0 Å². The molecule has 0 radical (unpaired) electrons. The average molecular weight is 864 g/mol. The zero-order valence-electron chi connectivity index (χ0n) is 40.1. The first-order valence-corrected chi connectivity index (χ1v) is 23.4. The smallest absolute Gasteiger partial charge is 0.149 e. The molecule has 4 nitrogen and oxygen atoms in total. The first-order chi connectivity index (χ1) is 31.5. The number of rotatable bonds is 9. The normalized spacial score (nSPS) is 12.1. The van der Waals surface area contributed by atoms with Crippen LogP contribution in [-0.4, -0.2) is 19.6 Å². The number of aromatic nitrogens is 3.